The second kappa shape index (κ2) is 11.2. The largest absolute Gasteiger partial charge is 0.506 e. The summed E-state index contributed by atoms with van der Waals surface area (Å²) in [4.78, 5) is 30.1. The van der Waals surface area contributed by atoms with Crippen LogP contribution in [0.4, 0.5) is 5.69 Å². The first-order valence-corrected chi connectivity index (χ1v) is 12.4. The van der Waals surface area contributed by atoms with Gasteiger partial charge in [-0.2, -0.15) is 0 Å². The van der Waals surface area contributed by atoms with E-state index in [2.05, 4.69) is 44.7 Å². The standard InChI is InChI=1S/C26H33ClN4O3/c1-18(25(33)28-22-11-12-30(17-22)16-19-5-3-2-4-6-19)31-13-9-20(10-14-31)26(34)29-23-15-21(27)7-8-24(23)32/h2-8,15,18,20,22,32H,9-14,16-17H2,1H3,(H,28,33)(H,29,34)/t18-,22-/m0/s1. The molecule has 2 heterocycles. The zero-order valence-corrected chi connectivity index (χ0v) is 20.3. The van der Waals surface area contributed by atoms with Crippen molar-refractivity contribution in [3.8, 4) is 5.75 Å². The van der Waals surface area contributed by atoms with Gasteiger partial charge in [0, 0.05) is 36.6 Å². The van der Waals surface area contributed by atoms with Crippen molar-refractivity contribution in [2.75, 3.05) is 31.5 Å². The molecule has 2 saturated heterocycles. The minimum absolute atomic E-state index is 0.00488. The van der Waals surface area contributed by atoms with Gasteiger partial charge in [-0.15, -0.1) is 0 Å². The Morgan fingerprint density at radius 2 is 1.82 bits per heavy atom. The minimum Gasteiger partial charge on any atom is -0.506 e. The van der Waals surface area contributed by atoms with E-state index in [4.69, 9.17) is 11.6 Å². The third-order valence-electron chi connectivity index (χ3n) is 6.91. The van der Waals surface area contributed by atoms with Crippen molar-refractivity contribution in [2.45, 2.75) is 44.8 Å². The number of halogens is 1. The van der Waals surface area contributed by atoms with Crippen LogP contribution in [0.2, 0.25) is 5.02 Å². The van der Waals surface area contributed by atoms with Crippen LogP contribution < -0.4 is 10.6 Å². The van der Waals surface area contributed by atoms with Gasteiger partial charge in [0.25, 0.3) is 0 Å². The molecule has 0 saturated carbocycles. The van der Waals surface area contributed by atoms with Gasteiger partial charge in [0.1, 0.15) is 5.75 Å². The Labute approximate surface area is 206 Å². The van der Waals surface area contributed by atoms with Crippen molar-refractivity contribution in [1.82, 2.24) is 15.1 Å². The molecular formula is C26H33ClN4O3. The highest BCUT2D eigenvalue weighted by molar-refractivity contribution is 6.31. The molecule has 0 unspecified atom stereocenters. The molecule has 7 nitrogen and oxygen atoms in total. The quantitative estimate of drug-likeness (QED) is 0.524. The maximum atomic E-state index is 12.9. The SMILES string of the molecule is C[C@@H](C(=O)N[C@H]1CCN(Cc2ccccc2)C1)N1CCC(C(=O)Nc2cc(Cl)ccc2O)CC1. The lowest BCUT2D eigenvalue weighted by atomic mass is 9.94. The maximum Gasteiger partial charge on any atom is 0.237 e. The van der Waals surface area contributed by atoms with E-state index in [1.807, 2.05) is 13.0 Å². The molecule has 4 rings (SSSR count). The molecule has 0 radical (unpaired) electrons. The molecule has 34 heavy (non-hydrogen) atoms. The molecule has 2 aromatic rings. The normalized spacial score (nSPS) is 20.7. The van der Waals surface area contributed by atoms with Crippen LogP contribution in [0.1, 0.15) is 31.7 Å². The molecule has 2 aromatic carbocycles. The predicted molar refractivity (Wildman–Crippen MR) is 134 cm³/mol. The molecule has 0 aromatic heterocycles. The zero-order chi connectivity index (χ0) is 24.1. The number of piperidine rings is 1. The fraction of sp³-hybridized carbons (Fsp3) is 0.462. The van der Waals surface area contributed by atoms with Crippen LogP contribution >= 0.6 is 11.6 Å². The Kier molecular flexibility index (Phi) is 8.08. The second-order valence-corrected chi connectivity index (χ2v) is 9.79. The Bertz CT molecular complexity index is 995. The van der Waals surface area contributed by atoms with E-state index in [-0.39, 0.29) is 35.6 Å². The lowest BCUT2D eigenvalue weighted by Gasteiger charge is -2.35. The summed E-state index contributed by atoms with van der Waals surface area (Å²) in [6, 6.07) is 14.9. The molecule has 2 atom stereocenters. The van der Waals surface area contributed by atoms with Crippen molar-refractivity contribution in [1.29, 1.82) is 0 Å². The molecule has 182 valence electrons. The molecule has 2 aliphatic rings. The van der Waals surface area contributed by atoms with Gasteiger partial charge >= 0.3 is 0 Å². The minimum atomic E-state index is -0.232. The molecule has 0 bridgehead atoms. The highest BCUT2D eigenvalue weighted by atomic mass is 35.5. The average Bonchev–Trinajstić information content (AvgIpc) is 3.28. The van der Waals surface area contributed by atoms with Gasteiger partial charge in [-0.05, 0) is 63.0 Å². The lowest BCUT2D eigenvalue weighted by Crippen LogP contribution is -2.51. The summed E-state index contributed by atoms with van der Waals surface area (Å²) in [6.07, 6.45) is 2.29. The number of phenols is 1. The third-order valence-corrected chi connectivity index (χ3v) is 7.15. The van der Waals surface area contributed by atoms with Gasteiger partial charge in [-0.3, -0.25) is 19.4 Å². The van der Waals surface area contributed by atoms with Gasteiger partial charge in [-0.25, -0.2) is 0 Å². The number of carbonyl (C=O) groups is 2. The van der Waals surface area contributed by atoms with Crippen molar-refractivity contribution in [3.05, 3.63) is 59.1 Å². The van der Waals surface area contributed by atoms with E-state index >= 15 is 0 Å². The smallest absolute Gasteiger partial charge is 0.237 e. The van der Waals surface area contributed by atoms with Crippen molar-refractivity contribution in [2.24, 2.45) is 5.92 Å². The predicted octanol–water partition coefficient (Wildman–Crippen LogP) is 3.48. The van der Waals surface area contributed by atoms with Crippen LogP contribution in [-0.4, -0.2) is 65.0 Å². The molecule has 8 heteroatoms. The number of hydrogen-bond donors (Lipinski definition) is 3. The van der Waals surface area contributed by atoms with Crippen LogP contribution in [0.5, 0.6) is 5.75 Å². The number of rotatable bonds is 7. The molecule has 2 fully saturated rings. The Morgan fingerprint density at radius 1 is 1.09 bits per heavy atom. The summed E-state index contributed by atoms with van der Waals surface area (Å²) in [7, 11) is 0. The monoisotopic (exact) mass is 484 g/mol. The molecule has 0 aliphatic carbocycles. The van der Waals surface area contributed by atoms with Crippen molar-refractivity contribution < 1.29 is 14.7 Å². The summed E-state index contributed by atoms with van der Waals surface area (Å²) < 4.78 is 0. The summed E-state index contributed by atoms with van der Waals surface area (Å²) in [5.74, 6) is -0.238. The number of likely N-dealkylation sites (tertiary alicyclic amines) is 2. The van der Waals surface area contributed by atoms with E-state index in [9.17, 15) is 14.7 Å². The summed E-state index contributed by atoms with van der Waals surface area (Å²) in [5, 5.41) is 16.4. The number of benzene rings is 2. The average molecular weight is 485 g/mol. The van der Waals surface area contributed by atoms with Gasteiger partial charge in [0.15, 0.2) is 0 Å². The first-order chi connectivity index (χ1) is 16.4. The molecule has 2 aliphatic heterocycles. The van der Waals surface area contributed by atoms with Crippen molar-refractivity contribution >= 4 is 29.1 Å². The molecular weight excluding hydrogens is 452 g/mol. The van der Waals surface area contributed by atoms with Gasteiger partial charge in [-0.1, -0.05) is 41.9 Å². The Balaban J connectivity index is 1.21. The Hall–Kier alpha value is -2.61. The number of carbonyl (C=O) groups excluding carboxylic acids is 2. The van der Waals surface area contributed by atoms with E-state index in [0.29, 0.717) is 36.6 Å². The fourth-order valence-corrected chi connectivity index (χ4v) is 4.99. The fourth-order valence-electron chi connectivity index (χ4n) is 4.82. The second-order valence-electron chi connectivity index (χ2n) is 9.35. The van der Waals surface area contributed by atoms with E-state index in [1.54, 1.807) is 12.1 Å². The summed E-state index contributed by atoms with van der Waals surface area (Å²) >= 11 is 5.97. The number of phenolic OH excluding ortho intramolecular Hbond substituents is 1. The van der Waals surface area contributed by atoms with Gasteiger partial charge in [0.2, 0.25) is 11.8 Å². The van der Waals surface area contributed by atoms with Crippen LogP contribution in [0.3, 0.4) is 0 Å². The topological polar surface area (TPSA) is 84.9 Å². The third kappa shape index (κ3) is 6.29. The number of nitrogens with zero attached hydrogens (tertiary/aromatic N) is 2. The number of nitrogens with one attached hydrogen (secondary N) is 2. The highest BCUT2D eigenvalue weighted by Crippen LogP contribution is 2.28. The highest BCUT2D eigenvalue weighted by Gasteiger charge is 2.32. The zero-order valence-electron chi connectivity index (χ0n) is 19.5. The summed E-state index contributed by atoms with van der Waals surface area (Å²) in [6.45, 7) is 6.06. The van der Waals surface area contributed by atoms with Crippen LogP contribution in [0, 0.1) is 5.92 Å². The molecule has 2 amide bonds. The first-order valence-electron chi connectivity index (χ1n) is 12.0. The van der Waals surface area contributed by atoms with Crippen LogP contribution in [-0.2, 0) is 16.1 Å². The number of hydrogen-bond acceptors (Lipinski definition) is 5. The van der Waals surface area contributed by atoms with Crippen molar-refractivity contribution in [3.63, 3.8) is 0 Å². The lowest BCUT2D eigenvalue weighted by molar-refractivity contribution is -0.127. The number of anilines is 1. The number of amides is 2. The van der Waals surface area contributed by atoms with Gasteiger partial charge < -0.3 is 15.7 Å². The van der Waals surface area contributed by atoms with Gasteiger partial charge in [0.05, 0.1) is 11.7 Å². The first kappa shape index (κ1) is 24.5. The van der Waals surface area contributed by atoms with Crippen LogP contribution in [0.15, 0.2) is 48.5 Å². The van der Waals surface area contributed by atoms with E-state index in [1.165, 1.54) is 11.6 Å². The summed E-state index contributed by atoms with van der Waals surface area (Å²) in [5.41, 5.74) is 1.62. The molecule has 0 spiro atoms. The number of aromatic hydroxyl groups is 1. The van der Waals surface area contributed by atoms with E-state index < -0.39 is 0 Å². The van der Waals surface area contributed by atoms with Crippen LogP contribution in [0.25, 0.3) is 0 Å². The van der Waals surface area contributed by atoms with E-state index in [0.717, 1.165) is 26.1 Å². The maximum absolute atomic E-state index is 12.9. The Morgan fingerprint density at radius 3 is 2.56 bits per heavy atom. The molecule has 3 N–H and O–H groups in total.